The quantitative estimate of drug-likeness (QED) is 0.0213. The van der Waals surface area contributed by atoms with E-state index in [0.29, 0.717) is 31.6 Å². The van der Waals surface area contributed by atoms with Gasteiger partial charge in [-0.25, -0.2) is 0 Å². The standard InChI is InChI=1S/C41H76N2O11/c1-8-12-34(46)22-35(47)18-19-41(53,54)24-30(5)36(48)15-11-20-42-40(52)32(7)38(50)25-43-39(51)23-37(49)28(3)13-9-10-14-33(45)17-16-27(2)21-29(4)31(6)26-44/h8,12,21,27-28,30-33,35-38,44-45,47-50,53-54H,9-11,13-20,22-26H2,1-7H3,(H,42,52)(H,43,51). The molecule has 10 unspecified atom stereocenters. The molecule has 54 heavy (non-hydrogen) atoms. The monoisotopic (exact) mass is 773 g/mol. The van der Waals surface area contributed by atoms with E-state index in [-0.39, 0.29) is 75.8 Å². The van der Waals surface area contributed by atoms with Gasteiger partial charge in [-0.15, -0.1) is 0 Å². The third-order valence-corrected chi connectivity index (χ3v) is 10.5. The number of aliphatic hydroxyl groups excluding tert-OH is 6. The van der Waals surface area contributed by atoms with Gasteiger partial charge in [-0.05, 0) is 88.5 Å². The predicted octanol–water partition coefficient (Wildman–Crippen LogP) is 3.04. The number of carbonyl (C=O) groups excluding carboxylic acids is 3. The highest BCUT2D eigenvalue weighted by Gasteiger charge is 2.30. The second kappa shape index (κ2) is 28.2. The van der Waals surface area contributed by atoms with Crippen LogP contribution in [0.2, 0.25) is 0 Å². The van der Waals surface area contributed by atoms with E-state index < -0.39 is 60.0 Å². The number of aliphatic hydroxyl groups is 8. The Morgan fingerprint density at radius 3 is 2.00 bits per heavy atom. The van der Waals surface area contributed by atoms with Crippen molar-refractivity contribution in [3.63, 3.8) is 0 Å². The fraction of sp³-hybridized carbons (Fsp3) is 0.829. The van der Waals surface area contributed by atoms with Crippen LogP contribution in [0.15, 0.2) is 23.8 Å². The molecule has 0 aliphatic carbocycles. The van der Waals surface area contributed by atoms with Crippen LogP contribution in [0.5, 0.6) is 0 Å². The Balaban J connectivity index is 4.32. The Labute approximate surface area is 324 Å². The molecule has 0 aromatic rings. The van der Waals surface area contributed by atoms with E-state index in [9.17, 15) is 55.2 Å². The molecule has 10 atom stereocenters. The van der Waals surface area contributed by atoms with E-state index in [0.717, 1.165) is 24.8 Å². The number of nitrogens with one attached hydrogen (secondary N) is 2. The number of hydrogen-bond donors (Lipinski definition) is 10. The summed E-state index contributed by atoms with van der Waals surface area (Å²) < 4.78 is 0. The minimum Gasteiger partial charge on any atom is -0.396 e. The van der Waals surface area contributed by atoms with Crippen LogP contribution in [-0.2, 0) is 14.4 Å². The van der Waals surface area contributed by atoms with Crippen molar-refractivity contribution < 1.29 is 55.2 Å². The molecule has 2 amide bonds. The number of carbonyl (C=O) groups is 3. The lowest BCUT2D eigenvalue weighted by Gasteiger charge is -2.28. The maximum absolute atomic E-state index is 12.6. The van der Waals surface area contributed by atoms with Crippen LogP contribution in [-0.4, -0.2) is 114 Å². The van der Waals surface area contributed by atoms with Crippen LogP contribution in [0.25, 0.3) is 0 Å². The number of unbranched alkanes of at least 4 members (excludes halogenated alkanes) is 1. The molecule has 0 fully saturated rings. The largest absolute Gasteiger partial charge is 0.396 e. The number of allylic oxidation sites excluding steroid dienone is 3. The second-order valence-corrected chi connectivity index (χ2v) is 15.9. The Bertz CT molecular complexity index is 1110. The number of hydrogen-bond acceptors (Lipinski definition) is 11. The molecule has 316 valence electrons. The summed E-state index contributed by atoms with van der Waals surface area (Å²) in [5, 5.41) is 87.2. The molecule has 0 saturated carbocycles. The van der Waals surface area contributed by atoms with E-state index in [1.165, 1.54) is 13.0 Å². The molecule has 0 radical (unpaired) electrons. The predicted molar refractivity (Wildman–Crippen MR) is 210 cm³/mol. The normalized spacial score (nSPS) is 18.2. The molecule has 0 spiro atoms. The van der Waals surface area contributed by atoms with Gasteiger partial charge in [0.2, 0.25) is 11.8 Å². The van der Waals surface area contributed by atoms with Crippen molar-refractivity contribution in [2.75, 3.05) is 19.7 Å². The van der Waals surface area contributed by atoms with Crippen molar-refractivity contribution in [2.24, 2.45) is 29.6 Å². The van der Waals surface area contributed by atoms with Crippen molar-refractivity contribution in [2.45, 2.75) is 168 Å². The van der Waals surface area contributed by atoms with Gasteiger partial charge in [0.05, 0.1) is 42.9 Å². The van der Waals surface area contributed by atoms with Crippen molar-refractivity contribution in [3.05, 3.63) is 23.8 Å². The molecule has 0 aliphatic rings. The number of amides is 2. The van der Waals surface area contributed by atoms with Crippen LogP contribution < -0.4 is 10.6 Å². The summed E-state index contributed by atoms with van der Waals surface area (Å²) in [6.07, 6.45) is 5.46. The Morgan fingerprint density at radius 2 is 1.37 bits per heavy atom. The molecular formula is C41H76N2O11. The molecular weight excluding hydrogens is 696 g/mol. The summed E-state index contributed by atoms with van der Waals surface area (Å²) in [4.78, 5) is 36.6. The van der Waals surface area contributed by atoms with Gasteiger partial charge in [-0.3, -0.25) is 14.4 Å². The van der Waals surface area contributed by atoms with Crippen molar-refractivity contribution >= 4 is 17.6 Å². The van der Waals surface area contributed by atoms with E-state index in [1.807, 2.05) is 20.8 Å². The van der Waals surface area contributed by atoms with Gasteiger partial charge >= 0.3 is 0 Å². The zero-order valence-electron chi connectivity index (χ0n) is 34.1. The number of ketones is 1. The summed E-state index contributed by atoms with van der Waals surface area (Å²) in [5.41, 5.74) is 1.16. The minimum atomic E-state index is -2.12. The fourth-order valence-electron chi connectivity index (χ4n) is 6.22. The zero-order valence-corrected chi connectivity index (χ0v) is 34.1. The Morgan fingerprint density at radius 1 is 0.722 bits per heavy atom. The first-order valence-corrected chi connectivity index (χ1v) is 20.1. The highest BCUT2D eigenvalue weighted by molar-refractivity contribution is 5.89. The van der Waals surface area contributed by atoms with E-state index in [4.69, 9.17) is 0 Å². The molecule has 0 rings (SSSR count). The number of rotatable bonds is 31. The van der Waals surface area contributed by atoms with E-state index >= 15 is 0 Å². The van der Waals surface area contributed by atoms with E-state index in [1.54, 1.807) is 19.9 Å². The lowest BCUT2D eigenvalue weighted by atomic mass is 9.90. The molecule has 0 saturated heterocycles. The zero-order chi connectivity index (χ0) is 41.4. The van der Waals surface area contributed by atoms with Gasteiger partial charge in [0.1, 0.15) is 0 Å². The van der Waals surface area contributed by atoms with Crippen molar-refractivity contribution in [3.8, 4) is 0 Å². The van der Waals surface area contributed by atoms with E-state index in [2.05, 4.69) is 23.6 Å². The molecule has 0 aromatic carbocycles. The highest BCUT2D eigenvalue weighted by Crippen LogP contribution is 2.25. The third-order valence-electron chi connectivity index (χ3n) is 10.5. The van der Waals surface area contributed by atoms with Gasteiger partial charge in [0.25, 0.3) is 0 Å². The smallest absolute Gasteiger partial charge is 0.225 e. The third kappa shape index (κ3) is 24.3. The van der Waals surface area contributed by atoms with Crippen LogP contribution in [0.1, 0.15) is 132 Å². The van der Waals surface area contributed by atoms with Crippen molar-refractivity contribution in [1.82, 2.24) is 10.6 Å². The maximum Gasteiger partial charge on any atom is 0.225 e. The van der Waals surface area contributed by atoms with Crippen LogP contribution in [0.4, 0.5) is 0 Å². The van der Waals surface area contributed by atoms with Gasteiger partial charge < -0.3 is 51.5 Å². The van der Waals surface area contributed by atoms with Gasteiger partial charge in [-0.2, -0.15) is 0 Å². The van der Waals surface area contributed by atoms with Crippen LogP contribution in [0.3, 0.4) is 0 Å². The first kappa shape index (κ1) is 51.8. The summed E-state index contributed by atoms with van der Waals surface area (Å²) in [6.45, 7) is 13.1. The Hall–Kier alpha value is -2.23. The molecule has 0 bridgehead atoms. The van der Waals surface area contributed by atoms with Gasteiger partial charge in [0.15, 0.2) is 11.6 Å². The van der Waals surface area contributed by atoms with Crippen molar-refractivity contribution in [1.29, 1.82) is 0 Å². The second-order valence-electron chi connectivity index (χ2n) is 15.9. The summed E-state index contributed by atoms with van der Waals surface area (Å²) >= 11 is 0. The molecule has 10 N–H and O–H groups in total. The topological polar surface area (TPSA) is 237 Å². The van der Waals surface area contributed by atoms with Crippen LogP contribution >= 0.6 is 0 Å². The molecule has 0 heterocycles. The van der Waals surface area contributed by atoms with Gasteiger partial charge in [0, 0.05) is 39.0 Å². The Kier molecular flexibility index (Phi) is 27.0. The van der Waals surface area contributed by atoms with Crippen LogP contribution in [0, 0.1) is 29.6 Å². The minimum absolute atomic E-state index is 0.0144. The SMILES string of the molecule is CC=CC(=O)CC(O)CCC(O)(O)CC(C)C(O)CCCNC(=O)C(C)C(O)CNC(=O)CC(O)C(C)CCCCC(O)CCC(C)C=C(C)C(C)CO. The fourth-order valence-corrected chi connectivity index (χ4v) is 6.22. The first-order chi connectivity index (χ1) is 25.2. The maximum atomic E-state index is 12.6. The summed E-state index contributed by atoms with van der Waals surface area (Å²) in [6, 6.07) is 0. The average Bonchev–Trinajstić information content (AvgIpc) is 3.11. The average molecular weight is 773 g/mol. The lowest BCUT2D eigenvalue weighted by molar-refractivity contribution is -0.187. The first-order valence-electron chi connectivity index (χ1n) is 20.1. The highest BCUT2D eigenvalue weighted by atomic mass is 16.5. The lowest BCUT2D eigenvalue weighted by Crippen LogP contribution is -2.43. The summed E-state index contributed by atoms with van der Waals surface area (Å²) in [7, 11) is 0. The molecule has 13 heteroatoms. The molecule has 0 aromatic heterocycles. The molecule has 13 nitrogen and oxygen atoms in total. The van der Waals surface area contributed by atoms with Gasteiger partial charge in [-0.1, -0.05) is 65.2 Å². The summed E-state index contributed by atoms with van der Waals surface area (Å²) in [5.74, 6) is -4.24. The molecule has 0 aliphatic heterocycles.